The van der Waals surface area contributed by atoms with Crippen LogP contribution >= 0.6 is 0 Å². The summed E-state index contributed by atoms with van der Waals surface area (Å²) in [6, 6.07) is 7.08. The predicted octanol–water partition coefficient (Wildman–Crippen LogP) is 4.30. The molecule has 2 rings (SSSR count). The number of hydrogen-bond acceptors (Lipinski definition) is 2. The van der Waals surface area contributed by atoms with Gasteiger partial charge >= 0.3 is 0 Å². The van der Waals surface area contributed by atoms with Crippen molar-refractivity contribution in [1.82, 2.24) is 5.32 Å². The van der Waals surface area contributed by atoms with E-state index in [9.17, 15) is 0 Å². The molecule has 0 heterocycles. The molecular weight excluding hydrogens is 246 g/mol. The Bertz CT molecular complexity index is 410. The SMILES string of the molecule is Cc1ccc(C(C)NCCOC2CCCCC2)c(C)c1. The molecule has 0 saturated heterocycles. The van der Waals surface area contributed by atoms with Gasteiger partial charge in [-0.1, -0.05) is 43.0 Å². The van der Waals surface area contributed by atoms with Crippen LogP contribution in [0.2, 0.25) is 0 Å². The van der Waals surface area contributed by atoms with E-state index >= 15 is 0 Å². The molecule has 1 N–H and O–H groups in total. The van der Waals surface area contributed by atoms with Gasteiger partial charge in [0.1, 0.15) is 0 Å². The molecule has 1 fully saturated rings. The molecule has 1 aliphatic carbocycles. The van der Waals surface area contributed by atoms with Gasteiger partial charge in [-0.3, -0.25) is 0 Å². The quantitative estimate of drug-likeness (QED) is 0.781. The fourth-order valence-corrected chi connectivity index (χ4v) is 3.15. The molecule has 2 nitrogen and oxygen atoms in total. The molecule has 1 aliphatic rings. The fourth-order valence-electron chi connectivity index (χ4n) is 3.15. The first-order chi connectivity index (χ1) is 9.66. The van der Waals surface area contributed by atoms with Crippen LogP contribution in [0.15, 0.2) is 18.2 Å². The van der Waals surface area contributed by atoms with Gasteiger partial charge in [0.15, 0.2) is 0 Å². The second-order valence-electron chi connectivity index (χ2n) is 6.17. The lowest BCUT2D eigenvalue weighted by atomic mass is 9.98. The average molecular weight is 275 g/mol. The average Bonchev–Trinajstić information content (AvgIpc) is 2.44. The Hall–Kier alpha value is -0.860. The van der Waals surface area contributed by atoms with Crippen molar-refractivity contribution in [2.45, 2.75) is 65.0 Å². The van der Waals surface area contributed by atoms with Crippen molar-refractivity contribution >= 4 is 0 Å². The van der Waals surface area contributed by atoms with Crippen LogP contribution in [-0.4, -0.2) is 19.3 Å². The van der Waals surface area contributed by atoms with E-state index in [0.29, 0.717) is 12.1 Å². The second-order valence-corrected chi connectivity index (χ2v) is 6.17. The summed E-state index contributed by atoms with van der Waals surface area (Å²) >= 11 is 0. The third-order valence-corrected chi connectivity index (χ3v) is 4.35. The number of benzene rings is 1. The third kappa shape index (κ3) is 4.60. The lowest BCUT2D eigenvalue weighted by Crippen LogP contribution is -2.26. The van der Waals surface area contributed by atoms with Crippen molar-refractivity contribution in [3.8, 4) is 0 Å². The summed E-state index contributed by atoms with van der Waals surface area (Å²) in [5.74, 6) is 0. The first-order valence-electron chi connectivity index (χ1n) is 8.09. The summed E-state index contributed by atoms with van der Waals surface area (Å²) in [6.45, 7) is 8.34. The van der Waals surface area contributed by atoms with Crippen molar-refractivity contribution in [2.24, 2.45) is 0 Å². The largest absolute Gasteiger partial charge is 0.377 e. The Morgan fingerprint density at radius 2 is 1.95 bits per heavy atom. The zero-order valence-electron chi connectivity index (χ0n) is 13.2. The first-order valence-corrected chi connectivity index (χ1v) is 8.09. The van der Waals surface area contributed by atoms with Gasteiger partial charge in [0, 0.05) is 12.6 Å². The Morgan fingerprint density at radius 1 is 1.20 bits per heavy atom. The number of hydrogen-bond donors (Lipinski definition) is 1. The third-order valence-electron chi connectivity index (χ3n) is 4.35. The van der Waals surface area contributed by atoms with Gasteiger partial charge < -0.3 is 10.1 Å². The number of ether oxygens (including phenoxy) is 1. The molecule has 0 aliphatic heterocycles. The molecule has 0 spiro atoms. The minimum atomic E-state index is 0.394. The normalized spacial score (nSPS) is 18.1. The number of aryl methyl sites for hydroxylation is 2. The van der Waals surface area contributed by atoms with Crippen LogP contribution in [0.3, 0.4) is 0 Å². The second kappa shape index (κ2) is 7.80. The van der Waals surface area contributed by atoms with Gasteiger partial charge in [-0.05, 0) is 44.7 Å². The molecule has 1 aromatic rings. The lowest BCUT2D eigenvalue weighted by molar-refractivity contribution is 0.0295. The summed E-state index contributed by atoms with van der Waals surface area (Å²) in [6.07, 6.45) is 7.11. The van der Waals surface area contributed by atoms with Crippen LogP contribution in [0.25, 0.3) is 0 Å². The Kier molecular flexibility index (Phi) is 6.06. The highest BCUT2D eigenvalue weighted by Gasteiger charge is 2.13. The molecule has 0 radical (unpaired) electrons. The van der Waals surface area contributed by atoms with E-state index in [1.54, 1.807) is 0 Å². The Labute approximate surface area is 123 Å². The highest BCUT2D eigenvalue weighted by molar-refractivity contribution is 5.32. The maximum Gasteiger partial charge on any atom is 0.0594 e. The monoisotopic (exact) mass is 275 g/mol. The van der Waals surface area contributed by atoms with Gasteiger partial charge in [-0.2, -0.15) is 0 Å². The molecule has 1 atom stereocenters. The Balaban J connectivity index is 1.70. The van der Waals surface area contributed by atoms with Crippen LogP contribution in [0.1, 0.15) is 61.8 Å². The minimum absolute atomic E-state index is 0.394. The molecule has 1 saturated carbocycles. The van der Waals surface area contributed by atoms with Gasteiger partial charge in [0.25, 0.3) is 0 Å². The van der Waals surface area contributed by atoms with Gasteiger partial charge in [0.2, 0.25) is 0 Å². The topological polar surface area (TPSA) is 21.3 Å². The first kappa shape index (κ1) is 15.5. The summed E-state index contributed by atoms with van der Waals surface area (Å²) in [5, 5.41) is 3.57. The molecule has 112 valence electrons. The molecule has 2 heteroatoms. The maximum absolute atomic E-state index is 5.96. The summed E-state index contributed by atoms with van der Waals surface area (Å²) in [7, 11) is 0. The van der Waals surface area contributed by atoms with E-state index in [0.717, 1.165) is 13.2 Å². The standard InChI is InChI=1S/C18H29NO/c1-14-9-10-18(15(2)13-14)16(3)19-11-12-20-17-7-5-4-6-8-17/h9-10,13,16-17,19H,4-8,11-12H2,1-3H3. The van der Waals surface area contributed by atoms with Crippen molar-refractivity contribution in [2.75, 3.05) is 13.2 Å². The van der Waals surface area contributed by atoms with E-state index < -0.39 is 0 Å². The predicted molar refractivity (Wildman–Crippen MR) is 85.2 cm³/mol. The molecule has 20 heavy (non-hydrogen) atoms. The molecule has 0 amide bonds. The van der Waals surface area contributed by atoms with Crippen LogP contribution in [0, 0.1) is 13.8 Å². The number of nitrogens with one attached hydrogen (secondary N) is 1. The fraction of sp³-hybridized carbons (Fsp3) is 0.667. The molecule has 0 aromatic heterocycles. The zero-order chi connectivity index (χ0) is 14.4. The molecule has 1 aromatic carbocycles. The van der Waals surface area contributed by atoms with Crippen LogP contribution in [0.5, 0.6) is 0 Å². The summed E-state index contributed by atoms with van der Waals surface area (Å²) in [5.41, 5.74) is 4.10. The van der Waals surface area contributed by atoms with E-state index in [1.807, 2.05) is 0 Å². The summed E-state index contributed by atoms with van der Waals surface area (Å²) < 4.78 is 5.96. The van der Waals surface area contributed by atoms with Gasteiger partial charge in [0.05, 0.1) is 12.7 Å². The van der Waals surface area contributed by atoms with E-state index in [-0.39, 0.29) is 0 Å². The molecule has 1 unspecified atom stereocenters. The van der Waals surface area contributed by atoms with Crippen molar-refractivity contribution in [3.63, 3.8) is 0 Å². The van der Waals surface area contributed by atoms with Crippen LogP contribution in [0.4, 0.5) is 0 Å². The van der Waals surface area contributed by atoms with Crippen molar-refractivity contribution in [3.05, 3.63) is 34.9 Å². The highest BCUT2D eigenvalue weighted by Crippen LogP contribution is 2.20. The van der Waals surface area contributed by atoms with Crippen molar-refractivity contribution in [1.29, 1.82) is 0 Å². The van der Waals surface area contributed by atoms with Crippen molar-refractivity contribution < 1.29 is 4.74 Å². The number of rotatable bonds is 6. The van der Waals surface area contributed by atoms with E-state index in [2.05, 4.69) is 44.3 Å². The van der Waals surface area contributed by atoms with E-state index in [4.69, 9.17) is 4.74 Å². The summed E-state index contributed by atoms with van der Waals surface area (Å²) in [4.78, 5) is 0. The maximum atomic E-state index is 5.96. The minimum Gasteiger partial charge on any atom is -0.377 e. The van der Waals surface area contributed by atoms with Gasteiger partial charge in [-0.25, -0.2) is 0 Å². The van der Waals surface area contributed by atoms with Crippen LogP contribution in [-0.2, 0) is 4.74 Å². The highest BCUT2D eigenvalue weighted by atomic mass is 16.5. The van der Waals surface area contributed by atoms with Crippen LogP contribution < -0.4 is 5.32 Å². The lowest BCUT2D eigenvalue weighted by Gasteiger charge is -2.23. The zero-order valence-corrected chi connectivity index (χ0v) is 13.2. The molecule has 0 bridgehead atoms. The van der Waals surface area contributed by atoms with Gasteiger partial charge in [-0.15, -0.1) is 0 Å². The Morgan fingerprint density at radius 3 is 2.65 bits per heavy atom. The smallest absolute Gasteiger partial charge is 0.0594 e. The molecular formula is C18H29NO. The van der Waals surface area contributed by atoms with E-state index in [1.165, 1.54) is 48.8 Å².